The number of carboxylic acids is 1. The fraction of sp³-hybridized carbons (Fsp3) is 0.263. The zero-order valence-corrected chi connectivity index (χ0v) is 13.4. The standard InChI is InChI=1S/C19H19NO4/c1-19(11-20,17(21)22)18(23)24-10-16-14-8-4-2-6-12(14)13-7-3-5-9-15(13)16/h2-9,16H,10-11,20H2,1H3,(H,21,22)/t19-/m1/s1. The fourth-order valence-electron chi connectivity index (χ4n) is 3.02. The molecule has 0 amide bonds. The van der Waals surface area contributed by atoms with E-state index in [-0.39, 0.29) is 19.1 Å². The topological polar surface area (TPSA) is 89.6 Å². The van der Waals surface area contributed by atoms with Gasteiger partial charge in [-0.1, -0.05) is 48.5 Å². The Kier molecular flexibility index (Phi) is 4.11. The number of hydrogen-bond acceptors (Lipinski definition) is 4. The summed E-state index contributed by atoms with van der Waals surface area (Å²) in [5.74, 6) is -2.18. The average molecular weight is 325 g/mol. The van der Waals surface area contributed by atoms with Gasteiger partial charge in [0, 0.05) is 12.5 Å². The molecule has 5 nitrogen and oxygen atoms in total. The van der Waals surface area contributed by atoms with Gasteiger partial charge in [0.1, 0.15) is 6.61 Å². The molecule has 0 aromatic heterocycles. The smallest absolute Gasteiger partial charge is 0.324 e. The van der Waals surface area contributed by atoms with E-state index in [0.717, 1.165) is 22.3 Å². The summed E-state index contributed by atoms with van der Waals surface area (Å²) in [6.45, 7) is 1.07. The SMILES string of the molecule is C[C@@](CN)(C(=O)O)C(=O)OCC1c2ccccc2-c2ccccc21. The van der Waals surface area contributed by atoms with Crippen LogP contribution in [-0.2, 0) is 14.3 Å². The summed E-state index contributed by atoms with van der Waals surface area (Å²) >= 11 is 0. The fourth-order valence-corrected chi connectivity index (χ4v) is 3.02. The van der Waals surface area contributed by atoms with Crippen molar-refractivity contribution in [3.63, 3.8) is 0 Å². The maximum atomic E-state index is 12.2. The van der Waals surface area contributed by atoms with Gasteiger partial charge in [0.25, 0.3) is 0 Å². The van der Waals surface area contributed by atoms with Gasteiger partial charge in [-0.15, -0.1) is 0 Å². The zero-order chi connectivity index (χ0) is 17.3. The lowest BCUT2D eigenvalue weighted by molar-refractivity contribution is -0.166. The number of rotatable bonds is 5. The van der Waals surface area contributed by atoms with Gasteiger partial charge in [0.15, 0.2) is 5.41 Å². The van der Waals surface area contributed by atoms with Crippen LogP contribution in [0.25, 0.3) is 11.1 Å². The van der Waals surface area contributed by atoms with E-state index in [1.165, 1.54) is 6.92 Å². The first-order chi connectivity index (χ1) is 11.5. The third-order valence-electron chi connectivity index (χ3n) is 4.67. The summed E-state index contributed by atoms with van der Waals surface area (Å²) < 4.78 is 5.36. The normalized spacial score (nSPS) is 15.2. The van der Waals surface area contributed by atoms with Crippen molar-refractivity contribution in [2.75, 3.05) is 13.2 Å². The average Bonchev–Trinajstić information content (AvgIpc) is 2.92. The molecule has 2 aromatic carbocycles. The summed E-state index contributed by atoms with van der Waals surface area (Å²) in [7, 11) is 0. The highest BCUT2D eigenvalue weighted by atomic mass is 16.5. The number of fused-ring (bicyclic) bond motifs is 3. The highest BCUT2D eigenvalue weighted by Gasteiger charge is 2.42. The van der Waals surface area contributed by atoms with Crippen molar-refractivity contribution in [1.82, 2.24) is 0 Å². The quantitative estimate of drug-likeness (QED) is 0.651. The van der Waals surface area contributed by atoms with Crippen molar-refractivity contribution in [2.45, 2.75) is 12.8 Å². The van der Waals surface area contributed by atoms with Crippen LogP contribution in [0.1, 0.15) is 24.0 Å². The third kappa shape index (κ3) is 2.47. The summed E-state index contributed by atoms with van der Waals surface area (Å²) in [5, 5.41) is 9.23. The van der Waals surface area contributed by atoms with Gasteiger partial charge in [-0.05, 0) is 29.2 Å². The largest absolute Gasteiger partial charge is 0.480 e. The second kappa shape index (κ2) is 6.09. The van der Waals surface area contributed by atoms with Crippen molar-refractivity contribution >= 4 is 11.9 Å². The third-order valence-corrected chi connectivity index (χ3v) is 4.67. The number of carbonyl (C=O) groups excluding carboxylic acids is 1. The highest BCUT2D eigenvalue weighted by Crippen LogP contribution is 2.44. The monoisotopic (exact) mass is 325 g/mol. The molecule has 0 saturated carbocycles. The Morgan fingerprint density at radius 1 is 1.08 bits per heavy atom. The van der Waals surface area contributed by atoms with Crippen LogP contribution < -0.4 is 5.73 Å². The molecule has 1 atom stereocenters. The zero-order valence-electron chi connectivity index (χ0n) is 13.4. The molecule has 0 aliphatic heterocycles. The highest BCUT2D eigenvalue weighted by molar-refractivity contribution is 5.99. The van der Waals surface area contributed by atoms with Crippen molar-refractivity contribution in [1.29, 1.82) is 0 Å². The molecule has 0 saturated heterocycles. The molecule has 5 heteroatoms. The lowest BCUT2D eigenvalue weighted by Crippen LogP contribution is -2.44. The Labute approximate surface area is 140 Å². The van der Waals surface area contributed by atoms with Crippen LogP contribution in [-0.4, -0.2) is 30.2 Å². The lowest BCUT2D eigenvalue weighted by Gasteiger charge is -2.22. The van der Waals surface area contributed by atoms with E-state index < -0.39 is 17.4 Å². The van der Waals surface area contributed by atoms with Crippen LogP contribution >= 0.6 is 0 Å². The second-order valence-electron chi connectivity index (χ2n) is 6.17. The van der Waals surface area contributed by atoms with Gasteiger partial charge in [0.05, 0.1) is 0 Å². The van der Waals surface area contributed by atoms with Crippen LogP contribution in [0.15, 0.2) is 48.5 Å². The van der Waals surface area contributed by atoms with Gasteiger partial charge < -0.3 is 15.6 Å². The Hall–Kier alpha value is -2.66. The first kappa shape index (κ1) is 16.2. The number of esters is 1. The molecule has 0 unspecified atom stereocenters. The van der Waals surface area contributed by atoms with Crippen LogP contribution in [0.3, 0.4) is 0 Å². The van der Waals surface area contributed by atoms with E-state index in [2.05, 4.69) is 0 Å². The Morgan fingerprint density at radius 3 is 2.04 bits per heavy atom. The number of benzene rings is 2. The molecule has 0 fully saturated rings. The van der Waals surface area contributed by atoms with E-state index >= 15 is 0 Å². The van der Waals surface area contributed by atoms with E-state index in [1.54, 1.807) is 0 Å². The first-order valence-electron chi connectivity index (χ1n) is 7.78. The van der Waals surface area contributed by atoms with Crippen LogP contribution in [0, 0.1) is 5.41 Å². The van der Waals surface area contributed by atoms with E-state index in [1.807, 2.05) is 48.5 Å². The Morgan fingerprint density at radius 2 is 1.58 bits per heavy atom. The van der Waals surface area contributed by atoms with Crippen molar-refractivity contribution < 1.29 is 19.4 Å². The Bertz CT molecular complexity index is 756. The summed E-state index contributed by atoms with van der Waals surface area (Å²) in [5.41, 5.74) is 8.14. The molecule has 0 heterocycles. The lowest BCUT2D eigenvalue weighted by atomic mass is 9.91. The second-order valence-corrected chi connectivity index (χ2v) is 6.17. The molecule has 0 radical (unpaired) electrons. The van der Waals surface area contributed by atoms with E-state index in [4.69, 9.17) is 10.5 Å². The van der Waals surface area contributed by atoms with Gasteiger partial charge in [-0.25, -0.2) is 0 Å². The van der Waals surface area contributed by atoms with Gasteiger partial charge in [-0.2, -0.15) is 0 Å². The van der Waals surface area contributed by atoms with Gasteiger partial charge in [-0.3, -0.25) is 9.59 Å². The molecular formula is C19H19NO4. The molecule has 124 valence electrons. The van der Waals surface area contributed by atoms with E-state index in [9.17, 15) is 14.7 Å². The molecule has 0 bridgehead atoms. The van der Waals surface area contributed by atoms with E-state index in [0.29, 0.717) is 0 Å². The van der Waals surface area contributed by atoms with Crippen molar-refractivity contribution in [3.05, 3.63) is 59.7 Å². The number of hydrogen-bond donors (Lipinski definition) is 2. The number of nitrogens with two attached hydrogens (primary N) is 1. The minimum atomic E-state index is -1.72. The van der Waals surface area contributed by atoms with Gasteiger partial charge in [0.2, 0.25) is 0 Å². The van der Waals surface area contributed by atoms with Crippen LogP contribution in [0.5, 0.6) is 0 Å². The maximum Gasteiger partial charge on any atom is 0.324 e. The summed E-state index contributed by atoms with van der Waals surface area (Å²) in [4.78, 5) is 23.5. The van der Waals surface area contributed by atoms with Crippen molar-refractivity contribution in [2.24, 2.45) is 11.1 Å². The summed E-state index contributed by atoms with van der Waals surface area (Å²) in [6, 6.07) is 15.9. The number of carboxylic acid groups (broad SMARTS) is 1. The predicted molar refractivity (Wildman–Crippen MR) is 89.5 cm³/mol. The molecule has 3 N–H and O–H groups in total. The maximum absolute atomic E-state index is 12.2. The number of carbonyl (C=O) groups is 2. The molecule has 2 aromatic rings. The number of ether oxygens (including phenoxy) is 1. The predicted octanol–water partition coefficient (Wildman–Crippen LogP) is 2.39. The molecule has 1 aliphatic rings. The van der Waals surface area contributed by atoms with Crippen molar-refractivity contribution in [3.8, 4) is 11.1 Å². The van der Waals surface area contributed by atoms with Gasteiger partial charge >= 0.3 is 11.9 Å². The summed E-state index contributed by atoms with van der Waals surface area (Å²) in [6.07, 6.45) is 0. The molecule has 24 heavy (non-hydrogen) atoms. The first-order valence-corrected chi connectivity index (χ1v) is 7.78. The minimum absolute atomic E-state index is 0.0930. The Balaban J connectivity index is 1.86. The molecule has 3 rings (SSSR count). The number of aliphatic carboxylic acids is 1. The molecule has 1 aliphatic carbocycles. The molecule has 0 spiro atoms. The minimum Gasteiger partial charge on any atom is -0.480 e. The molecular weight excluding hydrogens is 306 g/mol. The van der Waals surface area contributed by atoms with Crippen LogP contribution in [0.4, 0.5) is 0 Å². The van der Waals surface area contributed by atoms with Crippen LogP contribution in [0.2, 0.25) is 0 Å².